The van der Waals surface area contributed by atoms with E-state index >= 15 is 0 Å². The predicted molar refractivity (Wildman–Crippen MR) is 155 cm³/mol. The maximum atomic E-state index is 15.0. The summed E-state index contributed by atoms with van der Waals surface area (Å²) in [6.07, 6.45) is 4.43. The van der Waals surface area contributed by atoms with Gasteiger partial charge >= 0.3 is 0 Å². The van der Waals surface area contributed by atoms with Crippen molar-refractivity contribution in [3.05, 3.63) is 88.9 Å². The van der Waals surface area contributed by atoms with Gasteiger partial charge in [0.15, 0.2) is 16.7 Å². The first-order valence-electron chi connectivity index (χ1n) is 12.4. The van der Waals surface area contributed by atoms with Crippen LogP contribution >= 0.6 is 23.6 Å². The van der Waals surface area contributed by atoms with Crippen molar-refractivity contribution in [1.82, 2.24) is 15.2 Å². The smallest absolute Gasteiger partial charge is 0.230 e. The lowest BCUT2D eigenvalue weighted by atomic mass is 10.1. The van der Waals surface area contributed by atoms with Crippen LogP contribution < -0.4 is 15.4 Å². The molecular weight excluding hydrogens is 554 g/mol. The highest BCUT2D eigenvalue weighted by Crippen LogP contribution is 2.39. The number of nitrogens with one attached hydrogen (secondary N) is 2. The fraction of sp³-hybridized carbons (Fsp3) is 0.172. The molecule has 4 aromatic rings. The highest BCUT2D eigenvalue weighted by Gasteiger charge is 2.18. The number of aromatic nitrogens is 1. The van der Waals surface area contributed by atoms with Crippen LogP contribution in [0.4, 0.5) is 14.5 Å². The number of fused-ring (bicyclic) bond motifs is 1. The second kappa shape index (κ2) is 11.9. The molecule has 2 amide bonds. The number of nitrogens with zero attached hydrogens (tertiary/aromatic N) is 2. The maximum Gasteiger partial charge on any atom is 0.230 e. The summed E-state index contributed by atoms with van der Waals surface area (Å²) < 4.78 is 34.8. The number of thiocarbonyl (C=S) groups is 1. The molecule has 0 saturated carbocycles. The molecule has 204 valence electrons. The SMILES string of the molecule is CC(=O)N1CC=C(c2cc3nccc(Oc4ccc(NC(=S)NC(=O)Cc5ccc(F)cc5)cc4F)c3s2)CC1. The van der Waals surface area contributed by atoms with E-state index in [4.69, 9.17) is 17.0 Å². The van der Waals surface area contributed by atoms with Gasteiger partial charge < -0.3 is 20.3 Å². The molecule has 1 aliphatic rings. The molecule has 2 aromatic carbocycles. The van der Waals surface area contributed by atoms with E-state index in [1.165, 1.54) is 47.7 Å². The minimum absolute atomic E-state index is 0.00517. The van der Waals surface area contributed by atoms with E-state index in [2.05, 4.69) is 21.7 Å². The summed E-state index contributed by atoms with van der Waals surface area (Å²) in [5.41, 5.74) is 2.85. The van der Waals surface area contributed by atoms with Crippen LogP contribution in [-0.4, -0.2) is 39.9 Å². The number of benzene rings is 2. The molecule has 0 saturated heterocycles. The summed E-state index contributed by atoms with van der Waals surface area (Å²) in [6, 6.07) is 13.5. The Morgan fingerprint density at radius 3 is 2.60 bits per heavy atom. The van der Waals surface area contributed by atoms with Crippen molar-refractivity contribution < 1.29 is 23.1 Å². The topological polar surface area (TPSA) is 83.6 Å². The molecule has 0 spiro atoms. The molecule has 2 N–H and O–H groups in total. The Hall–Kier alpha value is -4.22. The Bertz CT molecular complexity index is 1640. The van der Waals surface area contributed by atoms with E-state index in [0.717, 1.165) is 27.1 Å². The zero-order valence-electron chi connectivity index (χ0n) is 21.4. The molecule has 0 bridgehead atoms. The van der Waals surface area contributed by atoms with Crippen LogP contribution in [0.1, 0.15) is 23.8 Å². The summed E-state index contributed by atoms with van der Waals surface area (Å²) in [7, 11) is 0. The highest BCUT2D eigenvalue weighted by molar-refractivity contribution is 7.80. The zero-order valence-corrected chi connectivity index (χ0v) is 23.0. The van der Waals surface area contributed by atoms with Crippen LogP contribution in [0.15, 0.2) is 66.9 Å². The number of halogens is 2. The van der Waals surface area contributed by atoms with Crippen molar-refractivity contribution in [2.75, 3.05) is 18.4 Å². The largest absolute Gasteiger partial charge is 0.453 e. The Morgan fingerprint density at radius 2 is 1.90 bits per heavy atom. The van der Waals surface area contributed by atoms with Crippen LogP contribution in [0.5, 0.6) is 11.5 Å². The lowest BCUT2D eigenvalue weighted by Gasteiger charge is -2.24. The predicted octanol–water partition coefficient (Wildman–Crippen LogP) is 6.06. The van der Waals surface area contributed by atoms with Gasteiger partial charge in [0.1, 0.15) is 11.6 Å². The number of carbonyl (C=O) groups is 2. The van der Waals surface area contributed by atoms with Crippen LogP contribution in [-0.2, 0) is 16.0 Å². The first kappa shape index (κ1) is 27.4. The van der Waals surface area contributed by atoms with Crippen LogP contribution in [0.25, 0.3) is 15.8 Å². The van der Waals surface area contributed by atoms with Crippen molar-refractivity contribution >= 4 is 62.0 Å². The summed E-state index contributed by atoms with van der Waals surface area (Å²) >= 11 is 6.69. The van der Waals surface area contributed by atoms with Crippen molar-refractivity contribution in [3.63, 3.8) is 0 Å². The lowest BCUT2D eigenvalue weighted by Crippen LogP contribution is -2.35. The van der Waals surface area contributed by atoms with Gasteiger partial charge in [-0.25, -0.2) is 8.78 Å². The molecule has 0 radical (unpaired) electrons. The molecule has 40 heavy (non-hydrogen) atoms. The van der Waals surface area contributed by atoms with E-state index in [1.54, 1.807) is 30.2 Å². The zero-order chi connectivity index (χ0) is 28.2. The van der Waals surface area contributed by atoms with E-state index in [0.29, 0.717) is 30.1 Å². The van der Waals surface area contributed by atoms with E-state index in [9.17, 15) is 18.4 Å². The monoisotopic (exact) mass is 578 g/mol. The fourth-order valence-corrected chi connectivity index (χ4v) is 5.60. The molecule has 5 rings (SSSR count). The fourth-order valence-electron chi connectivity index (χ4n) is 4.23. The number of ether oxygens (including phenoxy) is 1. The number of hydrogen-bond acceptors (Lipinski definition) is 6. The third-order valence-electron chi connectivity index (χ3n) is 6.29. The minimum atomic E-state index is -0.619. The third-order valence-corrected chi connectivity index (χ3v) is 7.71. The first-order valence-corrected chi connectivity index (χ1v) is 13.6. The Kier molecular flexibility index (Phi) is 8.13. The highest BCUT2D eigenvalue weighted by atomic mass is 32.1. The second-order valence-corrected chi connectivity index (χ2v) is 10.6. The number of hydrogen-bond donors (Lipinski definition) is 2. The third kappa shape index (κ3) is 6.49. The quantitative estimate of drug-likeness (QED) is 0.271. The number of carbonyl (C=O) groups excluding carboxylic acids is 2. The van der Waals surface area contributed by atoms with Crippen molar-refractivity contribution in [3.8, 4) is 11.5 Å². The lowest BCUT2D eigenvalue weighted by molar-refractivity contribution is -0.128. The molecule has 0 fully saturated rings. The summed E-state index contributed by atoms with van der Waals surface area (Å²) in [6.45, 7) is 2.81. The van der Waals surface area contributed by atoms with Gasteiger partial charge in [0.05, 0.1) is 16.6 Å². The summed E-state index contributed by atoms with van der Waals surface area (Å²) in [5.74, 6) is -0.835. The van der Waals surface area contributed by atoms with Gasteiger partial charge in [-0.3, -0.25) is 14.6 Å². The van der Waals surface area contributed by atoms with Crippen LogP contribution in [0, 0.1) is 11.6 Å². The van der Waals surface area contributed by atoms with E-state index in [1.807, 2.05) is 6.07 Å². The second-order valence-electron chi connectivity index (χ2n) is 9.13. The number of anilines is 1. The molecule has 0 atom stereocenters. The van der Waals surface area contributed by atoms with Gasteiger partial charge in [-0.2, -0.15) is 0 Å². The number of pyridine rings is 1. The molecular formula is C29H24F2N4O3S2. The van der Waals surface area contributed by atoms with Crippen LogP contribution in [0.3, 0.4) is 0 Å². The molecule has 7 nitrogen and oxygen atoms in total. The molecule has 0 aliphatic carbocycles. The van der Waals surface area contributed by atoms with E-state index < -0.39 is 5.82 Å². The molecule has 2 aromatic heterocycles. The average Bonchev–Trinajstić information content (AvgIpc) is 3.37. The van der Waals surface area contributed by atoms with Crippen molar-refractivity contribution in [2.45, 2.75) is 19.8 Å². The molecule has 0 unspecified atom stereocenters. The van der Waals surface area contributed by atoms with Gasteiger partial charge in [-0.05, 0) is 60.1 Å². The Morgan fingerprint density at radius 1 is 1.10 bits per heavy atom. The van der Waals surface area contributed by atoms with Gasteiger partial charge in [0, 0.05) is 48.9 Å². The molecule has 11 heteroatoms. The standard InChI is InChI=1S/C29H24F2N4O3S2/c1-17(36)35-12-9-19(10-13-35)26-16-23-28(40-26)25(8-11-32-23)38-24-7-6-21(15-22(24)31)33-29(39)34-27(37)14-18-2-4-20(30)5-3-18/h2-9,11,15-16H,10,12-14H2,1H3,(H2,33,34,37,39). The first-order chi connectivity index (χ1) is 19.2. The normalized spacial score (nSPS) is 13.1. The number of rotatable bonds is 6. The van der Waals surface area contributed by atoms with Gasteiger partial charge in [-0.15, -0.1) is 11.3 Å². The molecule has 1 aliphatic heterocycles. The van der Waals surface area contributed by atoms with Crippen LogP contribution in [0.2, 0.25) is 0 Å². The number of thiophene rings is 1. The van der Waals surface area contributed by atoms with Crippen molar-refractivity contribution in [1.29, 1.82) is 0 Å². The summed E-state index contributed by atoms with van der Waals surface area (Å²) in [4.78, 5) is 31.1. The van der Waals surface area contributed by atoms with Gasteiger partial charge in [0.25, 0.3) is 0 Å². The molecule has 3 heterocycles. The summed E-state index contributed by atoms with van der Waals surface area (Å²) in [5, 5.41) is 5.32. The van der Waals surface area contributed by atoms with Crippen molar-refractivity contribution in [2.24, 2.45) is 0 Å². The number of amides is 2. The van der Waals surface area contributed by atoms with E-state index in [-0.39, 0.29) is 34.9 Å². The average molecular weight is 579 g/mol. The Labute approximate surface area is 238 Å². The minimum Gasteiger partial charge on any atom is -0.453 e. The Balaban J connectivity index is 1.24. The maximum absolute atomic E-state index is 15.0. The van der Waals surface area contributed by atoms with Gasteiger partial charge in [0.2, 0.25) is 11.8 Å². The van der Waals surface area contributed by atoms with Gasteiger partial charge in [-0.1, -0.05) is 18.2 Å².